The first-order chi connectivity index (χ1) is 13.2. The third-order valence-corrected chi connectivity index (χ3v) is 6.74. The Morgan fingerprint density at radius 1 is 1.07 bits per heavy atom. The molecule has 1 spiro atoms. The normalized spacial score (nSPS) is 22.0. The number of aliphatic imine (C=N–C) groups is 1. The average molecular weight is 369 g/mol. The molecule has 0 atom stereocenters. The van der Waals surface area contributed by atoms with Crippen molar-refractivity contribution in [1.29, 1.82) is 0 Å². The van der Waals surface area contributed by atoms with Gasteiger partial charge >= 0.3 is 0 Å². The molecule has 4 rings (SSSR count). The standard InChI is InChI=1S/C22H32N4O/c1-23-21(26-14-12-22(17-26)10-5-2-6-11-22)24-15-20(27)25-13-9-18-7-3-4-8-19(18)16-25/h3-4,7-8H,2,5-6,9-17H2,1H3,(H,23,24). The van der Waals surface area contributed by atoms with E-state index in [4.69, 9.17) is 0 Å². The zero-order valence-electron chi connectivity index (χ0n) is 16.5. The molecule has 1 aromatic rings. The quantitative estimate of drug-likeness (QED) is 0.645. The van der Waals surface area contributed by atoms with Gasteiger partial charge in [-0.25, -0.2) is 0 Å². The number of carbonyl (C=O) groups is 1. The molecule has 2 fully saturated rings. The molecule has 1 aromatic carbocycles. The van der Waals surface area contributed by atoms with Crippen LogP contribution in [0.4, 0.5) is 0 Å². The second kappa shape index (κ2) is 7.91. The van der Waals surface area contributed by atoms with Gasteiger partial charge in [0.25, 0.3) is 0 Å². The molecule has 2 aliphatic heterocycles. The van der Waals surface area contributed by atoms with Gasteiger partial charge in [0.2, 0.25) is 5.91 Å². The Hall–Kier alpha value is -2.04. The number of hydrogen-bond acceptors (Lipinski definition) is 2. The molecular formula is C22H32N4O. The van der Waals surface area contributed by atoms with Crippen molar-refractivity contribution in [1.82, 2.24) is 15.1 Å². The maximum atomic E-state index is 12.7. The van der Waals surface area contributed by atoms with Gasteiger partial charge in [0.05, 0.1) is 6.54 Å². The molecule has 27 heavy (non-hydrogen) atoms. The van der Waals surface area contributed by atoms with Crippen LogP contribution in [-0.2, 0) is 17.8 Å². The maximum Gasteiger partial charge on any atom is 0.242 e. The fraction of sp³-hybridized carbons (Fsp3) is 0.636. The van der Waals surface area contributed by atoms with Crippen molar-refractivity contribution >= 4 is 11.9 Å². The Morgan fingerprint density at radius 3 is 2.63 bits per heavy atom. The van der Waals surface area contributed by atoms with Crippen molar-refractivity contribution in [2.24, 2.45) is 10.4 Å². The molecule has 1 saturated carbocycles. The van der Waals surface area contributed by atoms with Crippen molar-refractivity contribution < 1.29 is 4.79 Å². The zero-order valence-corrected chi connectivity index (χ0v) is 16.5. The number of likely N-dealkylation sites (tertiary alicyclic amines) is 1. The van der Waals surface area contributed by atoms with Crippen LogP contribution >= 0.6 is 0 Å². The summed E-state index contributed by atoms with van der Waals surface area (Å²) in [5, 5.41) is 3.34. The van der Waals surface area contributed by atoms with E-state index in [1.165, 1.54) is 49.7 Å². The van der Waals surface area contributed by atoms with Gasteiger partial charge in [0.15, 0.2) is 5.96 Å². The van der Waals surface area contributed by atoms with Gasteiger partial charge in [-0.05, 0) is 42.2 Å². The highest BCUT2D eigenvalue weighted by atomic mass is 16.2. The van der Waals surface area contributed by atoms with Crippen LogP contribution in [0.5, 0.6) is 0 Å². The van der Waals surface area contributed by atoms with E-state index in [1.807, 2.05) is 11.9 Å². The summed E-state index contributed by atoms with van der Waals surface area (Å²) in [6.07, 6.45) is 9.06. The first-order valence-electron chi connectivity index (χ1n) is 10.5. The summed E-state index contributed by atoms with van der Waals surface area (Å²) in [6, 6.07) is 8.44. The monoisotopic (exact) mass is 368 g/mol. The summed E-state index contributed by atoms with van der Waals surface area (Å²) >= 11 is 0. The molecule has 3 aliphatic rings. The van der Waals surface area contributed by atoms with Crippen LogP contribution in [0.1, 0.15) is 49.7 Å². The zero-order chi connectivity index (χ0) is 18.7. The van der Waals surface area contributed by atoms with E-state index < -0.39 is 0 Å². The number of fused-ring (bicyclic) bond motifs is 1. The summed E-state index contributed by atoms with van der Waals surface area (Å²) in [7, 11) is 1.83. The predicted molar refractivity (Wildman–Crippen MR) is 109 cm³/mol. The van der Waals surface area contributed by atoms with E-state index >= 15 is 0 Å². The summed E-state index contributed by atoms with van der Waals surface area (Å²) < 4.78 is 0. The maximum absolute atomic E-state index is 12.7. The summed E-state index contributed by atoms with van der Waals surface area (Å²) in [4.78, 5) is 21.5. The van der Waals surface area contributed by atoms with Crippen LogP contribution in [0.15, 0.2) is 29.3 Å². The number of nitrogens with one attached hydrogen (secondary N) is 1. The van der Waals surface area contributed by atoms with E-state index in [0.717, 1.165) is 38.6 Å². The highest BCUT2D eigenvalue weighted by molar-refractivity contribution is 5.86. The van der Waals surface area contributed by atoms with Gasteiger partial charge < -0.3 is 15.1 Å². The van der Waals surface area contributed by atoms with Crippen molar-refractivity contribution in [3.8, 4) is 0 Å². The van der Waals surface area contributed by atoms with Crippen LogP contribution < -0.4 is 5.32 Å². The van der Waals surface area contributed by atoms with Crippen LogP contribution in [0, 0.1) is 5.41 Å². The highest BCUT2D eigenvalue weighted by Gasteiger charge is 2.39. The lowest BCUT2D eigenvalue weighted by molar-refractivity contribution is -0.130. The minimum atomic E-state index is 0.164. The third kappa shape index (κ3) is 3.97. The van der Waals surface area contributed by atoms with E-state index in [2.05, 4.69) is 39.5 Å². The Balaban J connectivity index is 1.30. The fourth-order valence-corrected chi connectivity index (χ4v) is 5.13. The largest absolute Gasteiger partial charge is 0.347 e. The molecule has 0 radical (unpaired) electrons. The van der Waals surface area contributed by atoms with E-state index in [-0.39, 0.29) is 5.91 Å². The number of nitrogens with zero attached hydrogens (tertiary/aromatic N) is 3. The molecule has 146 valence electrons. The molecule has 1 N–H and O–H groups in total. The van der Waals surface area contributed by atoms with Gasteiger partial charge in [0, 0.05) is 33.2 Å². The van der Waals surface area contributed by atoms with Crippen molar-refractivity contribution in [3.63, 3.8) is 0 Å². The van der Waals surface area contributed by atoms with Gasteiger partial charge in [-0.1, -0.05) is 43.5 Å². The van der Waals surface area contributed by atoms with E-state index in [1.54, 1.807) is 0 Å². The first kappa shape index (κ1) is 18.3. The predicted octanol–water partition coefficient (Wildman–Crippen LogP) is 2.80. The fourth-order valence-electron chi connectivity index (χ4n) is 5.13. The molecule has 5 nitrogen and oxygen atoms in total. The number of guanidine groups is 1. The lowest BCUT2D eigenvalue weighted by Crippen LogP contribution is -2.47. The van der Waals surface area contributed by atoms with Crippen LogP contribution in [-0.4, -0.2) is 54.9 Å². The number of benzene rings is 1. The molecule has 0 aromatic heterocycles. The molecule has 5 heteroatoms. The molecule has 1 saturated heterocycles. The Kier molecular flexibility index (Phi) is 5.37. The van der Waals surface area contributed by atoms with Crippen molar-refractivity contribution in [3.05, 3.63) is 35.4 Å². The van der Waals surface area contributed by atoms with Gasteiger partial charge in [0.1, 0.15) is 0 Å². The second-order valence-corrected chi connectivity index (χ2v) is 8.47. The SMILES string of the molecule is CN=C(NCC(=O)N1CCc2ccccc2C1)N1CCC2(CCCCC2)C1. The molecular weight excluding hydrogens is 336 g/mol. The summed E-state index contributed by atoms with van der Waals surface area (Å²) in [6.45, 7) is 4.02. The number of rotatable bonds is 2. The van der Waals surface area contributed by atoms with Crippen molar-refractivity contribution in [2.75, 3.05) is 33.2 Å². The minimum absolute atomic E-state index is 0.164. The first-order valence-corrected chi connectivity index (χ1v) is 10.5. The molecule has 1 amide bonds. The highest BCUT2D eigenvalue weighted by Crippen LogP contribution is 2.43. The smallest absolute Gasteiger partial charge is 0.242 e. The Labute approximate surface area is 162 Å². The summed E-state index contributed by atoms with van der Waals surface area (Å²) in [5.41, 5.74) is 3.15. The molecule has 1 aliphatic carbocycles. The Bertz CT molecular complexity index is 708. The second-order valence-electron chi connectivity index (χ2n) is 8.47. The van der Waals surface area contributed by atoms with Crippen molar-refractivity contribution in [2.45, 2.75) is 51.5 Å². The molecule has 0 bridgehead atoms. The summed E-state index contributed by atoms with van der Waals surface area (Å²) in [5.74, 6) is 1.06. The molecule has 2 heterocycles. The third-order valence-electron chi connectivity index (χ3n) is 6.74. The van der Waals surface area contributed by atoms with Gasteiger partial charge in [-0.2, -0.15) is 0 Å². The topological polar surface area (TPSA) is 47.9 Å². The van der Waals surface area contributed by atoms with Crippen LogP contribution in [0.2, 0.25) is 0 Å². The van der Waals surface area contributed by atoms with Crippen LogP contribution in [0.25, 0.3) is 0 Å². The minimum Gasteiger partial charge on any atom is -0.347 e. The lowest BCUT2D eigenvalue weighted by Gasteiger charge is -2.34. The molecule has 0 unspecified atom stereocenters. The van der Waals surface area contributed by atoms with E-state index in [0.29, 0.717) is 12.0 Å². The number of carbonyl (C=O) groups excluding carboxylic acids is 1. The lowest BCUT2D eigenvalue weighted by atomic mass is 9.73. The van der Waals surface area contributed by atoms with Crippen LogP contribution in [0.3, 0.4) is 0 Å². The number of amides is 1. The average Bonchev–Trinajstić information content (AvgIpc) is 3.11. The van der Waals surface area contributed by atoms with E-state index in [9.17, 15) is 4.79 Å². The number of hydrogen-bond donors (Lipinski definition) is 1. The van der Waals surface area contributed by atoms with Gasteiger partial charge in [-0.3, -0.25) is 9.79 Å². The Morgan fingerprint density at radius 2 is 1.85 bits per heavy atom. The van der Waals surface area contributed by atoms with Gasteiger partial charge in [-0.15, -0.1) is 0 Å².